The Labute approximate surface area is 112 Å². The molecule has 2 rings (SSSR count). The van der Waals surface area contributed by atoms with Gasteiger partial charge in [-0.2, -0.15) is 0 Å². The van der Waals surface area contributed by atoms with Crippen molar-refractivity contribution in [2.75, 3.05) is 18.8 Å². The minimum atomic E-state index is -0.796. The van der Waals surface area contributed by atoms with Crippen LogP contribution in [0.15, 0.2) is 24.3 Å². The summed E-state index contributed by atoms with van der Waals surface area (Å²) >= 11 is 0. The Morgan fingerprint density at radius 1 is 1.42 bits per heavy atom. The van der Waals surface area contributed by atoms with Gasteiger partial charge < -0.3 is 15.7 Å². The molecule has 1 unspecified atom stereocenters. The molecule has 1 fully saturated rings. The van der Waals surface area contributed by atoms with Crippen molar-refractivity contribution >= 4 is 17.6 Å². The van der Waals surface area contributed by atoms with Gasteiger partial charge in [0.1, 0.15) is 0 Å². The number of nitrogen functional groups attached to an aromatic ring is 1. The van der Waals surface area contributed by atoms with Gasteiger partial charge in [0.15, 0.2) is 0 Å². The summed E-state index contributed by atoms with van der Waals surface area (Å²) in [5.74, 6) is -0.670. The number of likely N-dealkylation sites (tertiary alicyclic amines) is 1. The molecule has 0 aromatic heterocycles. The van der Waals surface area contributed by atoms with Crippen LogP contribution in [0.2, 0.25) is 0 Å². The zero-order valence-electron chi connectivity index (χ0n) is 10.7. The van der Waals surface area contributed by atoms with Crippen LogP contribution in [-0.4, -0.2) is 35.0 Å². The zero-order chi connectivity index (χ0) is 13.8. The predicted octanol–water partition coefficient (Wildman–Crippen LogP) is 1.13. The van der Waals surface area contributed by atoms with Crippen LogP contribution in [0, 0.1) is 5.92 Å². The first kappa shape index (κ1) is 13.4. The Morgan fingerprint density at radius 2 is 2.21 bits per heavy atom. The molecule has 19 heavy (non-hydrogen) atoms. The first-order valence-corrected chi connectivity index (χ1v) is 6.38. The number of carboxylic acid groups (broad SMARTS) is 1. The van der Waals surface area contributed by atoms with E-state index in [0.717, 1.165) is 12.0 Å². The van der Waals surface area contributed by atoms with Crippen molar-refractivity contribution in [1.82, 2.24) is 4.90 Å². The second-order valence-corrected chi connectivity index (χ2v) is 5.01. The second-order valence-electron chi connectivity index (χ2n) is 5.01. The number of carbonyl (C=O) groups is 2. The highest BCUT2D eigenvalue weighted by atomic mass is 16.4. The molecule has 0 aliphatic carbocycles. The van der Waals surface area contributed by atoms with E-state index in [0.29, 0.717) is 25.2 Å². The van der Waals surface area contributed by atoms with Gasteiger partial charge >= 0.3 is 5.97 Å². The van der Waals surface area contributed by atoms with Crippen LogP contribution >= 0.6 is 0 Å². The average Bonchev–Trinajstić information content (AvgIpc) is 2.76. The summed E-state index contributed by atoms with van der Waals surface area (Å²) in [6.07, 6.45) is 1.24. The molecule has 102 valence electrons. The average molecular weight is 262 g/mol. The Kier molecular flexibility index (Phi) is 4.04. The van der Waals surface area contributed by atoms with Gasteiger partial charge in [-0.3, -0.25) is 9.59 Å². The van der Waals surface area contributed by atoms with Gasteiger partial charge in [0.05, 0.1) is 6.42 Å². The summed E-state index contributed by atoms with van der Waals surface area (Å²) in [7, 11) is 0. The van der Waals surface area contributed by atoms with Gasteiger partial charge in [-0.1, -0.05) is 12.1 Å². The van der Waals surface area contributed by atoms with Crippen LogP contribution in [0.1, 0.15) is 18.4 Å². The number of hydrogen-bond donors (Lipinski definition) is 2. The van der Waals surface area contributed by atoms with E-state index in [1.165, 1.54) is 0 Å². The molecule has 0 saturated carbocycles. The van der Waals surface area contributed by atoms with Crippen LogP contribution < -0.4 is 5.73 Å². The van der Waals surface area contributed by atoms with E-state index in [4.69, 9.17) is 10.8 Å². The van der Waals surface area contributed by atoms with Crippen molar-refractivity contribution in [3.05, 3.63) is 29.8 Å². The molecule has 0 bridgehead atoms. The fourth-order valence-electron chi connectivity index (χ4n) is 2.46. The Bertz CT molecular complexity index is 487. The van der Waals surface area contributed by atoms with Gasteiger partial charge in [0.25, 0.3) is 0 Å². The lowest BCUT2D eigenvalue weighted by Crippen LogP contribution is -2.30. The SMILES string of the molecule is Nc1cccc(CC(=O)N2CCC(CC(=O)O)C2)c1. The molecule has 1 aliphatic rings. The maximum Gasteiger partial charge on any atom is 0.303 e. The van der Waals surface area contributed by atoms with Crippen LogP contribution in [0.4, 0.5) is 5.69 Å². The van der Waals surface area contributed by atoms with Crippen molar-refractivity contribution in [2.45, 2.75) is 19.3 Å². The smallest absolute Gasteiger partial charge is 0.303 e. The highest BCUT2D eigenvalue weighted by Gasteiger charge is 2.27. The summed E-state index contributed by atoms with van der Waals surface area (Å²) < 4.78 is 0. The van der Waals surface area contributed by atoms with E-state index >= 15 is 0 Å². The highest BCUT2D eigenvalue weighted by molar-refractivity contribution is 5.79. The number of carboxylic acids is 1. The number of nitrogens with two attached hydrogens (primary N) is 1. The summed E-state index contributed by atoms with van der Waals surface area (Å²) in [4.78, 5) is 24.5. The van der Waals surface area contributed by atoms with E-state index < -0.39 is 5.97 Å². The van der Waals surface area contributed by atoms with Gasteiger partial charge in [0.2, 0.25) is 5.91 Å². The summed E-state index contributed by atoms with van der Waals surface area (Å²) in [5.41, 5.74) is 7.22. The topological polar surface area (TPSA) is 83.6 Å². The van der Waals surface area contributed by atoms with Gasteiger partial charge in [-0.25, -0.2) is 0 Å². The van der Waals surface area contributed by atoms with E-state index in [9.17, 15) is 9.59 Å². The normalized spacial score (nSPS) is 18.5. The quantitative estimate of drug-likeness (QED) is 0.797. The number of carbonyl (C=O) groups excluding carboxylic acids is 1. The highest BCUT2D eigenvalue weighted by Crippen LogP contribution is 2.20. The molecule has 1 heterocycles. The van der Waals surface area contributed by atoms with Crippen molar-refractivity contribution in [3.8, 4) is 0 Å². The minimum Gasteiger partial charge on any atom is -0.481 e. The molecule has 1 atom stereocenters. The van der Waals surface area contributed by atoms with Crippen molar-refractivity contribution in [3.63, 3.8) is 0 Å². The number of hydrogen-bond acceptors (Lipinski definition) is 3. The molecule has 0 spiro atoms. The number of amides is 1. The molecular weight excluding hydrogens is 244 g/mol. The molecule has 5 nitrogen and oxygen atoms in total. The van der Waals surface area contributed by atoms with E-state index in [-0.39, 0.29) is 18.2 Å². The maximum atomic E-state index is 12.1. The van der Waals surface area contributed by atoms with Crippen molar-refractivity contribution in [1.29, 1.82) is 0 Å². The predicted molar refractivity (Wildman–Crippen MR) is 71.5 cm³/mol. The zero-order valence-corrected chi connectivity index (χ0v) is 10.7. The number of anilines is 1. The molecule has 1 aromatic rings. The van der Waals surface area contributed by atoms with Crippen molar-refractivity contribution in [2.24, 2.45) is 5.92 Å². The van der Waals surface area contributed by atoms with E-state index in [2.05, 4.69) is 0 Å². The lowest BCUT2D eigenvalue weighted by molar-refractivity contribution is -0.138. The molecule has 0 radical (unpaired) electrons. The number of rotatable bonds is 4. The monoisotopic (exact) mass is 262 g/mol. The third-order valence-corrected chi connectivity index (χ3v) is 3.41. The van der Waals surface area contributed by atoms with Crippen LogP contribution in [0.5, 0.6) is 0 Å². The first-order valence-electron chi connectivity index (χ1n) is 6.38. The standard InChI is InChI=1S/C14H18N2O3/c15-12-3-1-2-10(6-12)7-13(17)16-5-4-11(9-16)8-14(18)19/h1-3,6,11H,4-5,7-9,15H2,(H,18,19). The van der Waals surface area contributed by atoms with Crippen LogP contribution in [-0.2, 0) is 16.0 Å². The van der Waals surface area contributed by atoms with E-state index in [1.807, 2.05) is 12.1 Å². The third-order valence-electron chi connectivity index (χ3n) is 3.41. The summed E-state index contributed by atoms with van der Waals surface area (Å²) in [6.45, 7) is 1.20. The summed E-state index contributed by atoms with van der Waals surface area (Å²) in [6, 6.07) is 7.28. The largest absolute Gasteiger partial charge is 0.481 e. The Balaban J connectivity index is 1.89. The fourth-order valence-corrected chi connectivity index (χ4v) is 2.46. The maximum absolute atomic E-state index is 12.1. The second kappa shape index (κ2) is 5.73. The lowest BCUT2D eigenvalue weighted by atomic mass is 10.1. The summed E-state index contributed by atoms with van der Waals surface area (Å²) in [5, 5.41) is 8.75. The van der Waals surface area contributed by atoms with Crippen molar-refractivity contribution < 1.29 is 14.7 Å². The minimum absolute atomic E-state index is 0.0403. The Morgan fingerprint density at radius 3 is 2.89 bits per heavy atom. The van der Waals surface area contributed by atoms with Gasteiger partial charge in [-0.15, -0.1) is 0 Å². The molecular formula is C14H18N2O3. The van der Waals surface area contributed by atoms with Gasteiger partial charge in [-0.05, 0) is 30.0 Å². The number of benzene rings is 1. The number of aliphatic carboxylic acids is 1. The molecule has 1 saturated heterocycles. The molecule has 1 aliphatic heterocycles. The Hall–Kier alpha value is -2.04. The third kappa shape index (κ3) is 3.71. The molecule has 1 amide bonds. The van der Waals surface area contributed by atoms with Gasteiger partial charge in [0, 0.05) is 25.2 Å². The molecule has 1 aromatic carbocycles. The van der Waals surface area contributed by atoms with E-state index in [1.54, 1.807) is 17.0 Å². The lowest BCUT2D eigenvalue weighted by Gasteiger charge is -2.16. The molecule has 5 heteroatoms. The fraction of sp³-hybridized carbons (Fsp3) is 0.429. The van der Waals surface area contributed by atoms with Crippen LogP contribution in [0.25, 0.3) is 0 Å². The first-order chi connectivity index (χ1) is 9.04. The van der Waals surface area contributed by atoms with Crippen LogP contribution in [0.3, 0.4) is 0 Å². The molecule has 3 N–H and O–H groups in total. The number of nitrogens with zero attached hydrogens (tertiary/aromatic N) is 1.